The van der Waals surface area contributed by atoms with Crippen LogP contribution in [0.1, 0.15) is 49.9 Å². The van der Waals surface area contributed by atoms with Crippen LogP contribution in [-0.4, -0.2) is 53.5 Å². The number of piperazine rings is 1. The molecule has 0 atom stereocenters. The van der Waals surface area contributed by atoms with Crippen molar-refractivity contribution in [1.29, 1.82) is 0 Å². The number of aromatic nitrogens is 2. The highest BCUT2D eigenvalue weighted by atomic mass is 19.1. The van der Waals surface area contributed by atoms with Crippen LogP contribution < -0.4 is 9.80 Å². The monoisotopic (exact) mass is 411 g/mol. The Morgan fingerprint density at radius 1 is 1.10 bits per heavy atom. The summed E-state index contributed by atoms with van der Waals surface area (Å²) in [6, 6.07) is 5.34. The lowest BCUT2D eigenvalue weighted by atomic mass is 9.97. The van der Waals surface area contributed by atoms with Gasteiger partial charge in [-0.1, -0.05) is 32.9 Å². The summed E-state index contributed by atoms with van der Waals surface area (Å²) in [4.78, 5) is 27.4. The van der Waals surface area contributed by atoms with Crippen LogP contribution in [0.2, 0.25) is 0 Å². The minimum absolute atomic E-state index is 0.171. The van der Waals surface area contributed by atoms with E-state index < -0.39 is 0 Å². The molecule has 0 radical (unpaired) electrons. The molecule has 3 heterocycles. The van der Waals surface area contributed by atoms with Gasteiger partial charge < -0.3 is 14.7 Å². The second kappa shape index (κ2) is 8.58. The van der Waals surface area contributed by atoms with Crippen molar-refractivity contribution in [2.75, 3.05) is 42.5 Å². The number of carbonyl (C=O) groups excluding carboxylic acids is 1. The van der Waals surface area contributed by atoms with E-state index in [4.69, 9.17) is 0 Å². The Kier molecular flexibility index (Phi) is 5.88. The summed E-state index contributed by atoms with van der Waals surface area (Å²) >= 11 is 0. The van der Waals surface area contributed by atoms with E-state index in [2.05, 4.69) is 33.6 Å². The van der Waals surface area contributed by atoms with Crippen LogP contribution in [0, 0.1) is 5.82 Å². The van der Waals surface area contributed by atoms with Crippen LogP contribution in [0.25, 0.3) is 0 Å². The van der Waals surface area contributed by atoms with Gasteiger partial charge in [0.05, 0.1) is 17.9 Å². The van der Waals surface area contributed by atoms with Gasteiger partial charge in [0.25, 0.3) is 0 Å². The van der Waals surface area contributed by atoms with Crippen LogP contribution in [-0.2, 0) is 17.8 Å². The van der Waals surface area contributed by atoms with Crippen LogP contribution in [0.4, 0.5) is 15.9 Å². The van der Waals surface area contributed by atoms with E-state index in [0.717, 1.165) is 61.8 Å². The molecule has 1 aromatic heterocycles. The van der Waals surface area contributed by atoms with Gasteiger partial charge >= 0.3 is 0 Å². The highest BCUT2D eigenvalue weighted by Crippen LogP contribution is 2.35. The first-order valence-corrected chi connectivity index (χ1v) is 10.9. The number of carbonyl (C=O) groups is 1. The van der Waals surface area contributed by atoms with Crippen molar-refractivity contribution < 1.29 is 9.18 Å². The third-order valence-electron chi connectivity index (χ3n) is 6.17. The van der Waals surface area contributed by atoms with Gasteiger partial charge in [-0.25, -0.2) is 14.4 Å². The van der Waals surface area contributed by atoms with Crippen LogP contribution in [0.3, 0.4) is 0 Å². The number of hydrogen-bond donors (Lipinski definition) is 0. The van der Waals surface area contributed by atoms with Crippen molar-refractivity contribution in [3.05, 3.63) is 47.2 Å². The molecule has 2 aromatic rings. The molecular formula is C23H30FN5O. The summed E-state index contributed by atoms with van der Waals surface area (Å²) in [6.45, 7) is 10.4. The lowest BCUT2D eigenvalue weighted by Gasteiger charge is -2.38. The summed E-state index contributed by atoms with van der Waals surface area (Å²) in [7, 11) is 0. The Morgan fingerprint density at radius 2 is 1.87 bits per heavy atom. The second-order valence-corrected chi connectivity index (χ2v) is 8.35. The maximum absolute atomic E-state index is 14.8. The van der Waals surface area contributed by atoms with Crippen molar-refractivity contribution >= 4 is 17.4 Å². The topological polar surface area (TPSA) is 52.6 Å². The predicted octanol–water partition coefficient (Wildman–Crippen LogP) is 3.36. The van der Waals surface area contributed by atoms with Crippen LogP contribution in [0.5, 0.6) is 0 Å². The van der Waals surface area contributed by atoms with Gasteiger partial charge in [0.2, 0.25) is 5.91 Å². The first kappa shape index (κ1) is 20.6. The molecule has 0 spiro atoms. The van der Waals surface area contributed by atoms with E-state index in [1.165, 1.54) is 0 Å². The van der Waals surface area contributed by atoms with E-state index in [1.807, 2.05) is 17.9 Å². The molecule has 0 bridgehead atoms. The van der Waals surface area contributed by atoms with Gasteiger partial charge in [-0.2, -0.15) is 0 Å². The van der Waals surface area contributed by atoms with E-state index in [1.54, 1.807) is 18.5 Å². The minimum Gasteiger partial charge on any atom is -0.363 e. The van der Waals surface area contributed by atoms with Gasteiger partial charge in [0.1, 0.15) is 18.0 Å². The Morgan fingerprint density at radius 3 is 2.57 bits per heavy atom. The zero-order valence-electron chi connectivity index (χ0n) is 18.1. The highest BCUT2D eigenvalue weighted by Gasteiger charge is 2.28. The summed E-state index contributed by atoms with van der Waals surface area (Å²) in [5.41, 5.74) is 3.86. The zero-order chi connectivity index (χ0) is 21.3. The number of anilines is 2. The molecule has 4 rings (SSSR count). The molecule has 1 amide bonds. The van der Waals surface area contributed by atoms with Gasteiger partial charge in [0, 0.05) is 44.7 Å². The maximum Gasteiger partial charge on any atom is 0.222 e. The molecule has 2 aliphatic rings. The molecule has 7 heteroatoms. The quantitative estimate of drug-likeness (QED) is 0.772. The number of para-hydroxylation sites is 1. The molecule has 160 valence electrons. The average molecular weight is 412 g/mol. The average Bonchev–Trinajstić information content (AvgIpc) is 2.77. The number of rotatable bonds is 4. The van der Waals surface area contributed by atoms with Gasteiger partial charge in [0.15, 0.2) is 0 Å². The van der Waals surface area contributed by atoms with E-state index in [-0.39, 0.29) is 17.6 Å². The maximum atomic E-state index is 14.8. The van der Waals surface area contributed by atoms with Crippen molar-refractivity contribution in [2.45, 2.75) is 46.1 Å². The lowest BCUT2D eigenvalue weighted by molar-refractivity contribution is -0.131. The van der Waals surface area contributed by atoms with Gasteiger partial charge in [-0.05, 0) is 24.0 Å². The molecule has 6 nitrogen and oxygen atoms in total. The largest absolute Gasteiger partial charge is 0.363 e. The zero-order valence-corrected chi connectivity index (χ0v) is 18.1. The van der Waals surface area contributed by atoms with E-state index in [9.17, 15) is 9.18 Å². The van der Waals surface area contributed by atoms with Crippen molar-refractivity contribution in [3.8, 4) is 0 Å². The SMILES string of the molecule is CCC(=O)N1CCN(c2ncnc3c2CCN(c2c(F)cccc2C(C)C)C3)CC1. The number of benzene rings is 1. The highest BCUT2D eigenvalue weighted by molar-refractivity contribution is 5.76. The molecule has 1 fully saturated rings. The number of fused-ring (bicyclic) bond motifs is 1. The lowest BCUT2D eigenvalue weighted by Crippen LogP contribution is -2.49. The van der Waals surface area contributed by atoms with E-state index >= 15 is 0 Å². The molecule has 0 N–H and O–H groups in total. The summed E-state index contributed by atoms with van der Waals surface area (Å²) in [6.07, 6.45) is 2.95. The summed E-state index contributed by atoms with van der Waals surface area (Å²) in [5, 5.41) is 0. The number of hydrogen-bond acceptors (Lipinski definition) is 5. The van der Waals surface area contributed by atoms with Crippen molar-refractivity contribution in [2.24, 2.45) is 0 Å². The first-order valence-electron chi connectivity index (χ1n) is 10.9. The smallest absolute Gasteiger partial charge is 0.222 e. The molecule has 1 aromatic carbocycles. The molecule has 0 unspecified atom stereocenters. The normalized spacial score (nSPS) is 16.8. The molecule has 1 saturated heterocycles. The predicted molar refractivity (Wildman–Crippen MR) is 116 cm³/mol. The first-order chi connectivity index (χ1) is 14.5. The molecule has 0 saturated carbocycles. The molecule has 0 aliphatic carbocycles. The van der Waals surface area contributed by atoms with Crippen LogP contribution >= 0.6 is 0 Å². The van der Waals surface area contributed by atoms with Crippen molar-refractivity contribution in [3.63, 3.8) is 0 Å². The summed E-state index contributed by atoms with van der Waals surface area (Å²) in [5.74, 6) is 1.26. The fraction of sp³-hybridized carbons (Fsp3) is 0.522. The number of nitrogens with zero attached hydrogens (tertiary/aromatic N) is 5. The Hall–Kier alpha value is -2.70. The summed E-state index contributed by atoms with van der Waals surface area (Å²) < 4.78 is 14.8. The third-order valence-corrected chi connectivity index (χ3v) is 6.17. The molecular weight excluding hydrogens is 381 g/mol. The Balaban J connectivity index is 1.56. The van der Waals surface area contributed by atoms with Crippen molar-refractivity contribution in [1.82, 2.24) is 14.9 Å². The molecule has 30 heavy (non-hydrogen) atoms. The third kappa shape index (κ3) is 3.85. The van der Waals surface area contributed by atoms with Gasteiger partial charge in [-0.3, -0.25) is 4.79 Å². The Bertz CT molecular complexity index is 924. The Labute approximate surface area is 177 Å². The van der Waals surface area contributed by atoms with Crippen LogP contribution in [0.15, 0.2) is 24.5 Å². The van der Waals surface area contributed by atoms with E-state index in [0.29, 0.717) is 18.7 Å². The number of amides is 1. The standard InChI is InChI=1S/C23H30FN5O/c1-4-21(30)27-10-12-28(13-11-27)23-18-8-9-29(14-20(18)25-15-26-23)22-17(16(2)3)6-5-7-19(22)24/h5-7,15-16H,4,8-14H2,1-3H3. The minimum atomic E-state index is -0.171. The molecule has 2 aliphatic heterocycles. The fourth-order valence-corrected chi connectivity index (χ4v) is 4.52. The van der Waals surface area contributed by atoms with Gasteiger partial charge in [-0.15, -0.1) is 0 Å². The fourth-order valence-electron chi connectivity index (χ4n) is 4.52. The second-order valence-electron chi connectivity index (χ2n) is 8.35. The number of halogens is 1.